The van der Waals surface area contributed by atoms with Gasteiger partial charge in [-0.15, -0.1) is 10.2 Å². The number of nitrogens with zero attached hydrogens (tertiary/aromatic N) is 5. The molecule has 1 saturated carbocycles. The number of rotatable bonds is 10. The molecule has 0 aliphatic heterocycles. The molecule has 0 unspecified atom stereocenters. The van der Waals surface area contributed by atoms with E-state index in [2.05, 4.69) is 20.7 Å². The molecular weight excluding hydrogens is 542 g/mol. The first-order chi connectivity index (χ1) is 20.4. The quantitative estimate of drug-likeness (QED) is 0.291. The number of amides is 2. The third-order valence-electron chi connectivity index (χ3n) is 7.36. The summed E-state index contributed by atoms with van der Waals surface area (Å²) in [5.74, 6) is -0.712. The van der Waals surface area contributed by atoms with Crippen molar-refractivity contribution < 1.29 is 23.1 Å². The molecule has 0 spiro atoms. The number of aromatic nitrogens is 4. The highest BCUT2D eigenvalue weighted by molar-refractivity contribution is 5.89. The molecule has 1 N–H and O–H groups in total. The van der Waals surface area contributed by atoms with Gasteiger partial charge in [0.05, 0.1) is 7.11 Å². The minimum absolute atomic E-state index is 0.000717. The minimum Gasteiger partial charge on any atom is -0.497 e. The van der Waals surface area contributed by atoms with Gasteiger partial charge in [-0.2, -0.15) is 4.80 Å². The van der Waals surface area contributed by atoms with Crippen LogP contribution in [-0.4, -0.2) is 50.1 Å². The molecule has 1 aliphatic carbocycles. The summed E-state index contributed by atoms with van der Waals surface area (Å²) >= 11 is 0. The van der Waals surface area contributed by atoms with Gasteiger partial charge in [0.1, 0.15) is 30.0 Å². The van der Waals surface area contributed by atoms with E-state index in [4.69, 9.17) is 4.74 Å². The average Bonchev–Trinajstić information content (AvgIpc) is 3.47. The highest BCUT2D eigenvalue weighted by Crippen LogP contribution is 2.27. The minimum atomic E-state index is -1.07. The molecule has 3 aromatic carbocycles. The molecule has 5 rings (SSSR count). The van der Waals surface area contributed by atoms with Gasteiger partial charge >= 0.3 is 0 Å². The van der Waals surface area contributed by atoms with Crippen LogP contribution in [0.15, 0.2) is 72.8 Å². The topological polar surface area (TPSA) is 102 Å². The first-order valence-corrected chi connectivity index (χ1v) is 13.9. The Bertz CT molecular complexity index is 1490. The van der Waals surface area contributed by atoms with Crippen LogP contribution in [0.4, 0.5) is 8.78 Å². The number of nitrogens with one attached hydrogen (secondary N) is 1. The van der Waals surface area contributed by atoms with Crippen LogP contribution in [0.5, 0.6) is 5.75 Å². The zero-order chi connectivity index (χ0) is 29.5. The van der Waals surface area contributed by atoms with Crippen LogP contribution < -0.4 is 10.1 Å². The Kier molecular flexibility index (Phi) is 9.15. The lowest BCUT2D eigenvalue weighted by Crippen LogP contribution is -2.47. The average molecular weight is 575 g/mol. The molecule has 1 aromatic heterocycles. The van der Waals surface area contributed by atoms with Crippen molar-refractivity contribution >= 4 is 11.8 Å². The number of methoxy groups -OCH3 is 1. The smallest absolute Gasteiger partial charge is 0.247 e. The Morgan fingerprint density at radius 1 is 0.952 bits per heavy atom. The summed E-state index contributed by atoms with van der Waals surface area (Å²) in [5, 5.41) is 15.6. The van der Waals surface area contributed by atoms with E-state index < -0.39 is 23.6 Å². The van der Waals surface area contributed by atoms with Crippen LogP contribution >= 0.6 is 0 Å². The monoisotopic (exact) mass is 574 g/mol. The second kappa shape index (κ2) is 13.3. The zero-order valence-corrected chi connectivity index (χ0v) is 23.2. The van der Waals surface area contributed by atoms with Gasteiger partial charge in [0, 0.05) is 18.2 Å². The van der Waals surface area contributed by atoms with E-state index in [1.807, 2.05) is 0 Å². The molecule has 218 valence electrons. The summed E-state index contributed by atoms with van der Waals surface area (Å²) in [7, 11) is 1.57. The van der Waals surface area contributed by atoms with Crippen molar-refractivity contribution in [2.45, 2.75) is 57.3 Å². The Morgan fingerprint density at radius 2 is 1.60 bits per heavy atom. The molecule has 42 heavy (non-hydrogen) atoms. The third-order valence-corrected chi connectivity index (χ3v) is 7.36. The van der Waals surface area contributed by atoms with Crippen molar-refractivity contribution in [1.29, 1.82) is 0 Å². The van der Waals surface area contributed by atoms with Crippen LogP contribution in [-0.2, 0) is 22.7 Å². The maximum absolute atomic E-state index is 13.9. The summed E-state index contributed by atoms with van der Waals surface area (Å²) in [6.45, 7) is -0.308. The number of halogens is 2. The number of hydrogen-bond acceptors (Lipinski definition) is 6. The molecule has 4 aromatic rings. The largest absolute Gasteiger partial charge is 0.497 e. The van der Waals surface area contributed by atoms with Crippen LogP contribution in [0.25, 0.3) is 11.4 Å². The highest BCUT2D eigenvalue weighted by atomic mass is 19.1. The molecule has 9 nitrogen and oxygen atoms in total. The van der Waals surface area contributed by atoms with Gasteiger partial charge in [-0.3, -0.25) is 9.59 Å². The predicted octanol–water partition coefficient (Wildman–Crippen LogP) is 4.85. The highest BCUT2D eigenvalue weighted by Gasteiger charge is 2.33. The number of carbonyl (C=O) groups is 2. The molecular formula is C31H32F2N6O3. The second-order valence-electron chi connectivity index (χ2n) is 10.3. The van der Waals surface area contributed by atoms with Gasteiger partial charge in [0.2, 0.25) is 17.6 Å². The molecule has 0 saturated heterocycles. The molecule has 1 atom stereocenters. The second-order valence-corrected chi connectivity index (χ2v) is 10.3. The molecule has 1 aliphatic rings. The molecule has 0 radical (unpaired) electrons. The fraction of sp³-hybridized carbons (Fsp3) is 0.323. The normalized spacial score (nSPS) is 14.3. The van der Waals surface area contributed by atoms with Crippen LogP contribution in [0.3, 0.4) is 0 Å². The van der Waals surface area contributed by atoms with Crippen LogP contribution in [0.1, 0.15) is 49.3 Å². The van der Waals surface area contributed by atoms with Crippen molar-refractivity contribution in [2.75, 3.05) is 7.11 Å². The van der Waals surface area contributed by atoms with Gasteiger partial charge in [0.15, 0.2) is 0 Å². The maximum Gasteiger partial charge on any atom is 0.247 e. The number of carbonyl (C=O) groups excluding carboxylic acids is 2. The van der Waals surface area contributed by atoms with E-state index in [0.29, 0.717) is 28.3 Å². The van der Waals surface area contributed by atoms with Gasteiger partial charge < -0.3 is 15.0 Å². The van der Waals surface area contributed by atoms with E-state index in [1.165, 1.54) is 46.1 Å². The van der Waals surface area contributed by atoms with Crippen molar-refractivity contribution in [2.24, 2.45) is 0 Å². The Morgan fingerprint density at radius 3 is 2.24 bits per heavy atom. The van der Waals surface area contributed by atoms with E-state index in [1.54, 1.807) is 43.5 Å². The first-order valence-electron chi connectivity index (χ1n) is 13.9. The van der Waals surface area contributed by atoms with Gasteiger partial charge in [-0.1, -0.05) is 43.5 Å². The van der Waals surface area contributed by atoms with E-state index in [-0.39, 0.29) is 25.0 Å². The Labute approximate surface area is 242 Å². The first kappa shape index (κ1) is 28.8. The maximum atomic E-state index is 13.9. The number of benzene rings is 3. The van der Waals surface area contributed by atoms with E-state index in [9.17, 15) is 18.4 Å². The van der Waals surface area contributed by atoms with Crippen LogP contribution in [0, 0.1) is 11.6 Å². The van der Waals surface area contributed by atoms with Gasteiger partial charge in [-0.05, 0) is 77.7 Å². The summed E-state index contributed by atoms with van der Waals surface area (Å²) in [6.07, 6.45) is 4.85. The van der Waals surface area contributed by atoms with Crippen molar-refractivity contribution in [3.8, 4) is 17.1 Å². The van der Waals surface area contributed by atoms with E-state index in [0.717, 1.165) is 32.1 Å². The molecule has 1 fully saturated rings. The Balaban J connectivity index is 1.45. The lowest BCUT2D eigenvalue weighted by atomic mass is 9.94. The Hall–Kier alpha value is -4.67. The van der Waals surface area contributed by atoms with Gasteiger partial charge in [0.25, 0.3) is 0 Å². The predicted molar refractivity (Wildman–Crippen MR) is 151 cm³/mol. The van der Waals surface area contributed by atoms with Crippen molar-refractivity contribution in [3.05, 3.63) is 95.6 Å². The summed E-state index contributed by atoms with van der Waals surface area (Å²) < 4.78 is 32.8. The van der Waals surface area contributed by atoms with Crippen LogP contribution in [0.2, 0.25) is 0 Å². The number of ether oxygens (including phenoxy) is 1. The number of hydrogen-bond donors (Lipinski definition) is 1. The van der Waals surface area contributed by atoms with E-state index >= 15 is 0 Å². The molecule has 1 heterocycles. The van der Waals surface area contributed by atoms with Gasteiger partial charge in [-0.25, -0.2) is 8.78 Å². The fourth-order valence-corrected chi connectivity index (χ4v) is 5.13. The number of tetrazole rings is 1. The zero-order valence-electron chi connectivity index (χ0n) is 23.2. The summed E-state index contributed by atoms with van der Waals surface area (Å²) in [4.78, 5) is 30.4. The standard InChI is InChI=1S/C31H32F2N6O3/c1-42-27-17-11-23(12-18-27)30-35-37-39(36-30)20-28(40)38(19-21-7-13-24(32)14-8-21)29(22-9-15-25(33)16-10-22)31(41)34-26-5-3-2-4-6-26/h7-18,26,29H,2-6,19-20H2,1H3,(H,34,41)/t29-/m1/s1. The summed E-state index contributed by atoms with van der Waals surface area (Å²) in [5.41, 5.74) is 1.76. The van der Waals surface area contributed by atoms with Crippen molar-refractivity contribution in [1.82, 2.24) is 30.4 Å². The molecule has 0 bridgehead atoms. The lowest BCUT2D eigenvalue weighted by Gasteiger charge is -2.33. The van der Waals surface area contributed by atoms with Crippen molar-refractivity contribution in [3.63, 3.8) is 0 Å². The fourth-order valence-electron chi connectivity index (χ4n) is 5.13. The molecule has 2 amide bonds. The lowest BCUT2D eigenvalue weighted by molar-refractivity contribution is -0.142. The summed E-state index contributed by atoms with van der Waals surface area (Å²) in [6, 6.07) is 17.3. The third kappa shape index (κ3) is 7.15. The molecule has 11 heteroatoms. The SMILES string of the molecule is COc1ccc(-c2nnn(CC(=O)N(Cc3ccc(F)cc3)[C@@H](C(=O)NC3CCCCC3)c3ccc(F)cc3)n2)cc1.